The molecular weight excluding hydrogens is 392 g/mol. The van der Waals surface area contributed by atoms with E-state index in [9.17, 15) is 9.59 Å². The molecular formula is C25H32N2O2S. The van der Waals surface area contributed by atoms with Crippen LogP contribution in [0.1, 0.15) is 44.6 Å². The van der Waals surface area contributed by atoms with Crippen LogP contribution in [0.4, 0.5) is 0 Å². The van der Waals surface area contributed by atoms with E-state index in [1.807, 2.05) is 55.5 Å². The van der Waals surface area contributed by atoms with Gasteiger partial charge in [0.05, 0.1) is 5.75 Å². The van der Waals surface area contributed by atoms with Crippen LogP contribution >= 0.6 is 11.8 Å². The highest BCUT2D eigenvalue weighted by atomic mass is 32.2. The molecule has 30 heavy (non-hydrogen) atoms. The van der Waals surface area contributed by atoms with Gasteiger partial charge in [0.1, 0.15) is 6.04 Å². The zero-order valence-electron chi connectivity index (χ0n) is 17.8. The van der Waals surface area contributed by atoms with E-state index in [1.54, 1.807) is 4.90 Å². The maximum absolute atomic E-state index is 13.1. The monoisotopic (exact) mass is 424 g/mol. The summed E-state index contributed by atoms with van der Waals surface area (Å²) < 4.78 is 0. The highest BCUT2D eigenvalue weighted by Crippen LogP contribution is 2.20. The Bertz CT molecular complexity index is 791. The molecule has 1 atom stereocenters. The molecule has 2 aromatic carbocycles. The summed E-state index contributed by atoms with van der Waals surface area (Å²) >= 11 is 1.52. The summed E-state index contributed by atoms with van der Waals surface area (Å²) in [7, 11) is 0. The summed E-state index contributed by atoms with van der Waals surface area (Å²) in [6.07, 6.45) is 6.41. The molecule has 3 rings (SSSR count). The predicted molar refractivity (Wildman–Crippen MR) is 124 cm³/mol. The number of thioether (sulfide) groups is 1. The van der Waals surface area contributed by atoms with Crippen molar-refractivity contribution in [1.29, 1.82) is 0 Å². The number of hydrogen-bond donors (Lipinski definition) is 1. The molecule has 1 aliphatic rings. The number of nitrogens with one attached hydrogen (secondary N) is 1. The molecule has 2 amide bonds. The number of benzene rings is 2. The van der Waals surface area contributed by atoms with E-state index in [2.05, 4.69) is 17.4 Å². The fourth-order valence-electron chi connectivity index (χ4n) is 3.88. The van der Waals surface area contributed by atoms with Gasteiger partial charge in [-0.1, -0.05) is 67.8 Å². The number of carbonyl (C=O) groups is 2. The van der Waals surface area contributed by atoms with Crippen molar-refractivity contribution in [2.24, 2.45) is 0 Å². The summed E-state index contributed by atoms with van der Waals surface area (Å²) in [6, 6.07) is 19.8. The van der Waals surface area contributed by atoms with Crippen molar-refractivity contribution < 1.29 is 9.59 Å². The molecule has 4 nitrogen and oxygen atoms in total. The van der Waals surface area contributed by atoms with Gasteiger partial charge in [-0.05, 0) is 43.9 Å². The number of hydrogen-bond acceptors (Lipinski definition) is 3. The van der Waals surface area contributed by atoms with Crippen LogP contribution < -0.4 is 5.32 Å². The molecule has 0 radical (unpaired) electrons. The van der Waals surface area contributed by atoms with E-state index < -0.39 is 6.04 Å². The first-order chi connectivity index (χ1) is 14.6. The van der Waals surface area contributed by atoms with Gasteiger partial charge < -0.3 is 10.2 Å². The van der Waals surface area contributed by atoms with Gasteiger partial charge >= 0.3 is 0 Å². The Morgan fingerprint density at radius 2 is 1.63 bits per heavy atom. The van der Waals surface area contributed by atoms with Gasteiger partial charge in [0.25, 0.3) is 0 Å². The van der Waals surface area contributed by atoms with Gasteiger partial charge in [0.15, 0.2) is 0 Å². The fourth-order valence-corrected chi connectivity index (χ4v) is 4.69. The zero-order valence-corrected chi connectivity index (χ0v) is 18.6. The van der Waals surface area contributed by atoms with Crippen LogP contribution in [0.15, 0.2) is 65.6 Å². The Kier molecular flexibility index (Phi) is 8.81. The zero-order chi connectivity index (χ0) is 21.2. The highest BCUT2D eigenvalue weighted by molar-refractivity contribution is 8.00. The van der Waals surface area contributed by atoms with E-state index in [-0.39, 0.29) is 17.9 Å². The molecule has 1 unspecified atom stereocenters. The van der Waals surface area contributed by atoms with Gasteiger partial charge in [0, 0.05) is 17.5 Å². The molecule has 0 aromatic heterocycles. The van der Waals surface area contributed by atoms with Crippen molar-refractivity contribution >= 4 is 23.6 Å². The standard InChI is InChI=1S/C25H32N2O2S/c1-20(25(29)26-22-13-7-3-8-14-22)27(18-17-21-11-5-2-6-12-21)24(28)19-30-23-15-9-4-10-16-23/h2,4-6,9-12,15-16,20,22H,3,7-8,13-14,17-19H2,1H3,(H,26,29). The first kappa shape index (κ1) is 22.4. The number of carbonyl (C=O) groups excluding carboxylic acids is 2. The van der Waals surface area contributed by atoms with Crippen molar-refractivity contribution in [3.05, 3.63) is 66.2 Å². The van der Waals surface area contributed by atoms with E-state index in [4.69, 9.17) is 0 Å². The third kappa shape index (κ3) is 6.91. The lowest BCUT2D eigenvalue weighted by Gasteiger charge is -2.31. The van der Waals surface area contributed by atoms with E-state index >= 15 is 0 Å². The summed E-state index contributed by atoms with van der Waals surface area (Å²) in [5.74, 6) is 0.305. The quantitative estimate of drug-likeness (QED) is 0.594. The van der Waals surface area contributed by atoms with Crippen LogP contribution in [-0.2, 0) is 16.0 Å². The Labute approximate surface area is 184 Å². The van der Waals surface area contributed by atoms with Crippen molar-refractivity contribution in [3.63, 3.8) is 0 Å². The summed E-state index contributed by atoms with van der Waals surface area (Å²) in [6.45, 7) is 2.39. The lowest BCUT2D eigenvalue weighted by Crippen LogP contribution is -2.51. The summed E-state index contributed by atoms with van der Waals surface area (Å²) in [5.41, 5.74) is 1.17. The van der Waals surface area contributed by atoms with Crippen LogP contribution in [0.5, 0.6) is 0 Å². The molecule has 0 bridgehead atoms. The molecule has 0 spiro atoms. The third-order valence-electron chi connectivity index (χ3n) is 5.71. The highest BCUT2D eigenvalue weighted by Gasteiger charge is 2.27. The van der Waals surface area contributed by atoms with Crippen LogP contribution in [0.25, 0.3) is 0 Å². The summed E-state index contributed by atoms with van der Waals surface area (Å²) in [4.78, 5) is 28.8. The lowest BCUT2D eigenvalue weighted by atomic mass is 9.95. The largest absolute Gasteiger partial charge is 0.352 e. The van der Waals surface area contributed by atoms with Gasteiger partial charge in [-0.25, -0.2) is 0 Å². The molecule has 1 N–H and O–H groups in total. The summed E-state index contributed by atoms with van der Waals surface area (Å²) in [5, 5.41) is 3.19. The van der Waals surface area contributed by atoms with Crippen molar-refractivity contribution in [2.75, 3.05) is 12.3 Å². The first-order valence-electron chi connectivity index (χ1n) is 10.9. The molecule has 1 saturated carbocycles. The molecule has 1 fully saturated rings. The second-order valence-corrected chi connectivity index (χ2v) is 8.99. The number of amides is 2. The molecule has 2 aromatic rings. The van der Waals surface area contributed by atoms with Crippen LogP contribution in [0.3, 0.4) is 0 Å². The van der Waals surface area contributed by atoms with Crippen molar-refractivity contribution in [3.8, 4) is 0 Å². The first-order valence-corrected chi connectivity index (χ1v) is 11.9. The molecule has 160 valence electrons. The van der Waals surface area contributed by atoms with Gasteiger partial charge in [-0.3, -0.25) is 9.59 Å². The maximum Gasteiger partial charge on any atom is 0.242 e. The van der Waals surface area contributed by atoms with Crippen LogP contribution in [-0.4, -0.2) is 41.1 Å². The van der Waals surface area contributed by atoms with Gasteiger partial charge in [-0.2, -0.15) is 0 Å². The van der Waals surface area contributed by atoms with Crippen LogP contribution in [0.2, 0.25) is 0 Å². The normalized spacial score (nSPS) is 15.4. The average Bonchev–Trinajstić information content (AvgIpc) is 2.79. The molecule has 0 heterocycles. The van der Waals surface area contributed by atoms with Crippen molar-refractivity contribution in [1.82, 2.24) is 10.2 Å². The van der Waals surface area contributed by atoms with Gasteiger partial charge in [0.2, 0.25) is 11.8 Å². The smallest absolute Gasteiger partial charge is 0.242 e. The number of rotatable bonds is 9. The van der Waals surface area contributed by atoms with Gasteiger partial charge in [-0.15, -0.1) is 11.8 Å². The Balaban J connectivity index is 1.63. The van der Waals surface area contributed by atoms with E-state index in [1.165, 1.54) is 36.6 Å². The SMILES string of the molecule is CC(C(=O)NC1CCCCC1)N(CCc1ccccc1)C(=O)CSc1ccccc1. The molecule has 5 heteroatoms. The third-order valence-corrected chi connectivity index (χ3v) is 6.71. The maximum atomic E-state index is 13.1. The second kappa shape index (κ2) is 11.8. The van der Waals surface area contributed by atoms with E-state index in [0.717, 1.165) is 24.2 Å². The minimum absolute atomic E-state index is 0.00563. The molecule has 1 aliphatic carbocycles. The molecule has 0 saturated heterocycles. The van der Waals surface area contributed by atoms with Crippen LogP contribution in [0, 0.1) is 0 Å². The Morgan fingerprint density at radius 3 is 2.30 bits per heavy atom. The Morgan fingerprint density at radius 1 is 1.00 bits per heavy atom. The molecule has 0 aliphatic heterocycles. The van der Waals surface area contributed by atoms with Crippen molar-refractivity contribution in [2.45, 2.75) is 62.4 Å². The minimum Gasteiger partial charge on any atom is -0.352 e. The topological polar surface area (TPSA) is 49.4 Å². The fraction of sp³-hybridized carbons (Fsp3) is 0.440. The lowest BCUT2D eigenvalue weighted by molar-refractivity contribution is -0.138. The Hall–Kier alpha value is -2.27. The van der Waals surface area contributed by atoms with E-state index in [0.29, 0.717) is 12.3 Å². The number of nitrogens with zero attached hydrogens (tertiary/aromatic N) is 1. The minimum atomic E-state index is -0.473. The predicted octanol–water partition coefficient (Wildman–Crippen LogP) is 4.69. The average molecular weight is 425 g/mol. The second-order valence-electron chi connectivity index (χ2n) is 7.94.